The van der Waals surface area contributed by atoms with E-state index in [0.717, 1.165) is 6.54 Å². The van der Waals surface area contributed by atoms with Crippen LogP contribution in [0, 0.1) is 0 Å². The number of halogens is 2. The van der Waals surface area contributed by atoms with Crippen molar-refractivity contribution in [3.63, 3.8) is 0 Å². The molecule has 90 valence electrons. The predicted molar refractivity (Wildman–Crippen MR) is 57.0 cm³/mol. The van der Waals surface area contributed by atoms with Crippen LogP contribution in [0.5, 0.6) is 11.5 Å². The highest BCUT2D eigenvalue weighted by Gasteiger charge is 2.10. The molecule has 0 heterocycles. The van der Waals surface area contributed by atoms with Crippen LogP contribution < -0.4 is 14.8 Å². The monoisotopic (exact) mass is 231 g/mol. The van der Waals surface area contributed by atoms with Crippen LogP contribution in [0.2, 0.25) is 0 Å². The van der Waals surface area contributed by atoms with Crippen molar-refractivity contribution in [2.24, 2.45) is 0 Å². The van der Waals surface area contributed by atoms with Gasteiger partial charge in [0.05, 0.1) is 7.11 Å². The highest BCUT2D eigenvalue weighted by Crippen LogP contribution is 2.25. The second-order valence-electron chi connectivity index (χ2n) is 3.13. The Bertz CT molecular complexity index is 332. The average Bonchev–Trinajstić information content (AvgIpc) is 2.27. The molecule has 0 radical (unpaired) electrons. The van der Waals surface area contributed by atoms with Crippen molar-refractivity contribution in [2.45, 2.75) is 20.1 Å². The standard InChI is InChI=1S/C11H15F2NO2/c1-3-14-7-8-6-9(15-2)4-5-10(8)16-11(12)13/h4-6,11,14H,3,7H2,1-2H3. The molecule has 0 saturated carbocycles. The molecule has 0 aliphatic heterocycles. The molecule has 0 aliphatic rings. The summed E-state index contributed by atoms with van der Waals surface area (Å²) in [5.41, 5.74) is 0.654. The Hall–Kier alpha value is -1.36. The van der Waals surface area contributed by atoms with Crippen LogP contribution in [0.3, 0.4) is 0 Å². The van der Waals surface area contributed by atoms with Crippen LogP contribution >= 0.6 is 0 Å². The molecule has 0 amide bonds. The van der Waals surface area contributed by atoms with E-state index in [9.17, 15) is 8.78 Å². The largest absolute Gasteiger partial charge is 0.497 e. The average molecular weight is 231 g/mol. The number of hydrogen-bond acceptors (Lipinski definition) is 3. The lowest BCUT2D eigenvalue weighted by atomic mass is 10.2. The minimum Gasteiger partial charge on any atom is -0.497 e. The number of benzene rings is 1. The Balaban J connectivity index is 2.87. The maximum atomic E-state index is 12.1. The zero-order valence-electron chi connectivity index (χ0n) is 9.30. The molecular weight excluding hydrogens is 216 g/mol. The van der Waals surface area contributed by atoms with Crippen LogP contribution in [0.25, 0.3) is 0 Å². The van der Waals surface area contributed by atoms with Crippen LogP contribution in [0.1, 0.15) is 12.5 Å². The quantitative estimate of drug-likeness (QED) is 0.815. The second kappa shape index (κ2) is 6.27. The van der Waals surface area contributed by atoms with Gasteiger partial charge in [-0.05, 0) is 24.7 Å². The van der Waals surface area contributed by atoms with Crippen molar-refractivity contribution in [1.29, 1.82) is 0 Å². The zero-order valence-corrected chi connectivity index (χ0v) is 9.30. The van der Waals surface area contributed by atoms with Gasteiger partial charge in [0.2, 0.25) is 0 Å². The van der Waals surface area contributed by atoms with Gasteiger partial charge in [0.15, 0.2) is 0 Å². The summed E-state index contributed by atoms with van der Waals surface area (Å²) in [5, 5.41) is 3.05. The number of methoxy groups -OCH3 is 1. The minimum absolute atomic E-state index is 0.178. The van der Waals surface area contributed by atoms with E-state index >= 15 is 0 Å². The lowest BCUT2D eigenvalue weighted by molar-refractivity contribution is -0.0505. The second-order valence-corrected chi connectivity index (χ2v) is 3.13. The molecule has 0 saturated heterocycles. The maximum Gasteiger partial charge on any atom is 0.387 e. The molecule has 0 atom stereocenters. The summed E-state index contributed by atoms with van der Waals surface area (Å²) in [4.78, 5) is 0. The third-order valence-corrected chi connectivity index (χ3v) is 2.05. The third kappa shape index (κ3) is 3.66. The first kappa shape index (κ1) is 12.7. The van der Waals surface area contributed by atoms with Crippen LogP contribution in [-0.2, 0) is 6.54 Å². The molecular formula is C11H15F2NO2. The Morgan fingerprint density at radius 1 is 1.38 bits per heavy atom. The summed E-state index contributed by atoms with van der Waals surface area (Å²) in [6.07, 6.45) is 0. The maximum absolute atomic E-state index is 12.1. The fourth-order valence-electron chi connectivity index (χ4n) is 1.29. The van der Waals surface area contributed by atoms with Gasteiger partial charge in [-0.15, -0.1) is 0 Å². The molecule has 0 fully saturated rings. The molecule has 1 aromatic carbocycles. The first-order valence-electron chi connectivity index (χ1n) is 4.99. The SMILES string of the molecule is CCNCc1cc(OC)ccc1OC(F)F. The van der Waals surface area contributed by atoms with E-state index in [2.05, 4.69) is 10.1 Å². The van der Waals surface area contributed by atoms with Crippen molar-refractivity contribution >= 4 is 0 Å². The topological polar surface area (TPSA) is 30.5 Å². The number of hydrogen-bond donors (Lipinski definition) is 1. The number of ether oxygens (including phenoxy) is 2. The lowest BCUT2D eigenvalue weighted by Gasteiger charge is -2.12. The van der Waals surface area contributed by atoms with Gasteiger partial charge in [-0.2, -0.15) is 8.78 Å². The molecule has 0 aromatic heterocycles. The van der Waals surface area contributed by atoms with Crippen molar-refractivity contribution in [3.05, 3.63) is 23.8 Å². The molecule has 3 nitrogen and oxygen atoms in total. The normalized spacial score (nSPS) is 10.6. The van der Waals surface area contributed by atoms with Crippen LogP contribution in [0.15, 0.2) is 18.2 Å². The van der Waals surface area contributed by atoms with E-state index in [1.54, 1.807) is 12.1 Å². The Kier molecular flexibility index (Phi) is 4.98. The summed E-state index contributed by atoms with van der Waals surface area (Å²) in [7, 11) is 1.53. The van der Waals surface area contributed by atoms with Crippen molar-refractivity contribution in [2.75, 3.05) is 13.7 Å². The summed E-state index contributed by atoms with van der Waals surface area (Å²) >= 11 is 0. The van der Waals surface area contributed by atoms with Gasteiger partial charge in [0.1, 0.15) is 11.5 Å². The van der Waals surface area contributed by atoms with Gasteiger partial charge < -0.3 is 14.8 Å². The summed E-state index contributed by atoms with van der Waals surface area (Å²) in [6.45, 7) is 0.350. The van der Waals surface area contributed by atoms with E-state index < -0.39 is 6.61 Å². The number of alkyl halides is 2. The molecule has 0 spiro atoms. The molecule has 1 aromatic rings. The van der Waals surface area contributed by atoms with Gasteiger partial charge in [-0.25, -0.2) is 0 Å². The van der Waals surface area contributed by atoms with E-state index in [-0.39, 0.29) is 5.75 Å². The fourth-order valence-corrected chi connectivity index (χ4v) is 1.29. The van der Waals surface area contributed by atoms with E-state index in [1.807, 2.05) is 6.92 Å². The van der Waals surface area contributed by atoms with Crippen molar-refractivity contribution in [3.8, 4) is 11.5 Å². The van der Waals surface area contributed by atoms with Gasteiger partial charge in [0.25, 0.3) is 0 Å². The molecule has 5 heteroatoms. The Labute approximate surface area is 93.4 Å². The lowest BCUT2D eigenvalue weighted by Crippen LogP contribution is -2.14. The van der Waals surface area contributed by atoms with Crippen molar-refractivity contribution in [1.82, 2.24) is 5.32 Å². The van der Waals surface area contributed by atoms with Crippen LogP contribution in [-0.4, -0.2) is 20.3 Å². The fraction of sp³-hybridized carbons (Fsp3) is 0.455. The smallest absolute Gasteiger partial charge is 0.387 e. The van der Waals surface area contributed by atoms with Gasteiger partial charge in [-0.3, -0.25) is 0 Å². The first-order chi connectivity index (χ1) is 7.67. The van der Waals surface area contributed by atoms with Gasteiger partial charge in [-0.1, -0.05) is 6.92 Å². The Morgan fingerprint density at radius 2 is 2.12 bits per heavy atom. The summed E-state index contributed by atoms with van der Waals surface area (Å²) in [5.74, 6) is 0.797. The predicted octanol–water partition coefficient (Wildman–Crippen LogP) is 2.41. The molecule has 1 rings (SSSR count). The first-order valence-corrected chi connectivity index (χ1v) is 4.99. The highest BCUT2D eigenvalue weighted by molar-refractivity contribution is 5.40. The molecule has 0 bridgehead atoms. The minimum atomic E-state index is -2.81. The van der Waals surface area contributed by atoms with Gasteiger partial charge in [0, 0.05) is 12.1 Å². The third-order valence-electron chi connectivity index (χ3n) is 2.05. The van der Waals surface area contributed by atoms with Crippen molar-refractivity contribution < 1.29 is 18.3 Å². The molecule has 16 heavy (non-hydrogen) atoms. The van der Waals surface area contributed by atoms with E-state index in [1.165, 1.54) is 13.2 Å². The number of nitrogens with one attached hydrogen (secondary N) is 1. The summed E-state index contributed by atoms with van der Waals surface area (Å²) < 4.78 is 33.7. The van der Waals surface area contributed by atoms with E-state index in [0.29, 0.717) is 17.9 Å². The van der Waals surface area contributed by atoms with Crippen LogP contribution in [0.4, 0.5) is 8.78 Å². The molecule has 0 unspecified atom stereocenters. The summed E-state index contributed by atoms with van der Waals surface area (Å²) in [6, 6.07) is 4.76. The molecule has 1 N–H and O–H groups in total. The molecule has 0 aliphatic carbocycles. The number of rotatable bonds is 6. The Morgan fingerprint density at radius 3 is 2.69 bits per heavy atom. The highest BCUT2D eigenvalue weighted by atomic mass is 19.3. The zero-order chi connectivity index (χ0) is 12.0. The van der Waals surface area contributed by atoms with E-state index in [4.69, 9.17) is 4.74 Å². The van der Waals surface area contributed by atoms with Gasteiger partial charge >= 0.3 is 6.61 Å².